The number of carbonyl (C=O) groups is 2. The van der Waals surface area contributed by atoms with E-state index in [2.05, 4.69) is 10.4 Å². The van der Waals surface area contributed by atoms with Crippen LogP contribution in [-0.4, -0.2) is 34.8 Å². The lowest BCUT2D eigenvalue weighted by molar-refractivity contribution is -0.292. The summed E-state index contributed by atoms with van der Waals surface area (Å²) in [6, 6.07) is 2.86. The van der Waals surface area contributed by atoms with Crippen molar-refractivity contribution in [3.8, 4) is 0 Å². The highest BCUT2D eigenvalue weighted by Crippen LogP contribution is 2.48. The lowest BCUT2D eigenvalue weighted by Gasteiger charge is -2.21. The Kier molecular flexibility index (Phi) is 6.59. The number of hydrogen-bond acceptors (Lipinski definition) is 3. The topological polar surface area (TPSA) is 67.2 Å². The molecule has 2 aromatic rings. The fourth-order valence-corrected chi connectivity index (χ4v) is 3.25. The molecule has 0 aliphatic heterocycles. The molecule has 1 fully saturated rings. The van der Waals surface area contributed by atoms with Crippen molar-refractivity contribution in [1.29, 1.82) is 0 Å². The Morgan fingerprint density at radius 2 is 1.71 bits per heavy atom. The summed E-state index contributed by atoms with van der Waals surface area (Å²) in [4.78, 5) is 25.1. The maximum absolute atomic E-state index is 14.1. The van der Waals surface area contributed by atoms with Crippen LogP contribution >= 0.6 is 0 Å². The van der Waals surface area contributed by atoms with Gasteiger partial charge in [0.25, 0.3) is 5.91 Å². The molecule has 1 aliphatic carbocycles. The average Bonchev–Trinajstić information content (AvgIpc) is 3.52. The van der Waals surface area contributed by atoms with Gasteiger partial charge in [-0.2, -0.15) is 40.2 Å². The van der Waals surface area contributed by atoms with Crippen molar-refractivity contribution in [2.75, 3.05) is 11.9 Å². The zero-order valence-electron chi connectivity index (χ0n) is 18.0. The number of halogens is 9. The number of benzene rings is 1. The van der Waals surface area contributed by atoms with E-state index in [-0.39, 0.29) is 34.3 Å². The number of aromatic nitrogens is 2. The minimum Gasteiger partial charge on any atom is -0.352 e. The van der Waals surface area contributed by atoms with Crippen molar-refractivity contribution >= 4 is 17.5 Å². The van der Waals surface area contributed by atoms with Gasteiger partial charge in [-0.1, -0.05) is 0 Å². The van der Waals surface area contributed by atoms with E-state index >= 15 is 0 Å². The number of rotatable bonds is 6. The standard InChI is InChI=1S/C20H17F9N4O2/c1-32(11-5-6-12(21)10(7-11)8-30-16(34)9-3-4-9)17(35)14-13(19(24,25)26)15(31-33(14)2)18(22,23)20(27,28)29/h5-7,9H,3-4,8H2,1-2H3,(H,30,34). The molecule has 0 spiro atoms. The molecular formula is C20H17F9N4O2. The molecule has 1 N–H and O–H groups in total. The molecule has 6 nitrogen and oxygen atoms in total. The van der Waals surface area contributed by atoms with Gasteiger partial charge in [0.15, 0.2) is 5.69 Å². The van der Waals surface area contributed by atoms with Crippen LogP contribution in [0.25, 0.3) is 0 Å². The first kappa shape index (κ1) is 26.3. The fraction of sp³-hybridized carbons (Fsp3) is 0.450. The summed E-state index contributed by atoms with van der Waals surface area (Å²) in [5.41, 5.74) is -7.14. The monoisotopic (exact) mass is 516 g/mol. The van der Waals surface area contributed by atoms with Gasteiger partial charge in [0, 0.05) is 37.8 Å². The Balaban J connectivity index is 2.00. The summed E-state index contributed by atoms with van der Waals surface area (Å²) >= 11 is 0. The van der Waals surface area contributed by atoms with Gasteiger partial charge < -0.3 is 10.2 Å². The fourth-order valence-electron chi connectivity index (χ4n) is 3.25. The zero-order valence-corrected chi connectivity index (χ0v) is 18.0. The minimum absolute atomic E-state index is 0.0169. The van der Waals surface area contributed by atoms with E-state index in [1.165, 1.54) is 0 Å². The summed E-state index contributed by atoms with van der Waals surface area (Å²) in [6.07, 6.45) is -10.9. The van der Waals surface area contributed by atoms with Crippen LogP contribution in [0.5, 0.6) is 0 Å². The molecular weight excluding hydrogens is 499 g/mol. The Hall–Kier alpha value is -3.26. The molecule has 0 saturated heterocycles. The number of carbonyl (C=O) groups excluding carboxylic acids is 2. The van der Waals surface area contributed by atoms with Crippen molar-refractivity contribution in [3.05, 3.63) is 46.5 Å². The van der Waals surface area contributed by atoms with Gasteiger partial charge in [-0.15, -0.1) is 0 Å². The normalized spacial score (nSPS) is 14.7. The summed E-state index contributed by atoms with van der Waals surface area (Å²) in [5.74, 6) is -8.97. The van der Waals surface area contributed by atoms with E-state index in [1.807, 2.05) is 0 Å². The highest BCUT2D eigenvalue weighted by atomic mass is 19.4. The zero-order chi connectivity index (χ0) is 26.5. The van der Waals surface area contributed by atoms with Gasteiger partial charge in [0.2, 0.25) is 5.91 Å². The molecule has 0 unspecified atom stereocenters. The molecule has 1 aliphatic rings. The quantitative estimate of drug-likeness (QED) is 0.574. The second-order valence-electron chi connectivity index (χ2n) is 7.90. The molecule has 15 heteroatoms. The number of nitrogens with one attached hydrogen (secondary N) is 1. The Bertz CT molecular complexity index is 1150. The van der Waals surface area contributed by atoms with Crippen LogP contribution in [0, 0.1) is 11.7 Å². The van der Waals surface area contributed by atoms with E-state index < -0.39 is 47.0 Å². The van der Waals surface area contributed by atoms with E-state index in [9.17, 15) is 49.1 Å². The number of hydrogen-bond donors (Lipinski definition) is 1. The van der Waals surface area contributed by atoms with E-state index in [0.717, 1.165) is 25.2 Å². The minimum atomic E-state index is -6.41. The van der Waals surface area contributed by atoms with Crippen LogP contribution in [-0.2, 0) is 30.5 Å². The third-order valence-corrected chi connectivity index (χ3v) is 5.31. The molecule has 0 atom stereocenters. The first-order chi connectivity index (χ1) is 16.0. The summed E-state index contributed by atoms with van der Waals surface area (Å²) in [7, 11) is 1.52. The molecule has 3 rings (SSSR count). The molecule has 1 heterocycles. The lowest BCUT2D eigenvalue weighted by atomic mass is 10.1. The number of nitrogens with zero attached hydrogens (tertiary/aromatic N) is 3. The van der Waals surface area contributed by atoms with Crippen LogP contribution in [0.2, 0.25) is 0 Å². The first-order valence-corrected chi connectivity index (χ1v) is 9.90. The molecule has 1 aromatic carbocycles. The second kappa shape index (κ2) is 8.75. The molecule has 192 valence electrons. The molecule has 2 amide bonds. The van der Waals surface area contributed by atoms with Crippen LogP contribution in [0.1, 0.15) is 40.2 Å². The maximum atomic E-state index is 14.1. The molecule has 35 heavy (non-hydrogen) atoms. The Morgan fingerprint density at radius 3 is 2.23 bits per heavy atom. The third-order valence-electron chi connectivity index (χ3n) is 5.31. The van der Waals surface area contributed by atoms with Gasteiger partial charge >= 0.3 is 18.3 Å². The summed E-state index contributed by atoms with van der Waals surface area (Å²) in [6.45, 7) is -0.307. The van der Waals surface area contributed by atoms with Crippen molar-refractivity contribution in [3.63, 3.8) is 0 Å². The van der Waals surface area contributed by atoms with Gasteiger partial charge in [-0.25, -0.2) is 4.39 Å². The van der Waals surface area contributed by atoms with Gasteiger partial charge in [-0.05, 0) is 31.0 Å². The van der Waals surface area contributed by atoms with E-state index in [0.29, 0.717) is 24.8 Å². The summed E-state index contributed by atoms with van der Waals surface area (Å²) in [5, 5.41) is 5.15. The van der Waals surface area contributed by atoms with Crippen LogP contribution < -0.4 is 10.2 Å². The Labute approximate surface area is 191 Å². The maximum Gasteiger partial charge on any atom is 0.459 e. The number of alkyl halides is 8. The Morgan fingerprint density at radius 1 is 1.11 bits per heavy atom. The van der Waals surface area contributed by atoms with Crippen molar-refractivity contribution < 1.29 is 49.1 Å². The smallest absolute Gasteiger partial charge is 0.352 e. The first-order valence-electron chi connectivity index (χ1n) is 9.90. The lowest BCUT2D eigenvalue weighted by Crippen LogP contribution is -2.36. The molecule has 0 radical (unpaired) electrons. The predicted molar refractivity (Wildman–Crippen MR) is 102 cm³/mol. The van der Waals surface area contributed by atoms with Gasteiger partial charge in [0.05, 0.1) is 0 Å². The van der Waals surface area contributed by atoms with E-state index in [1.54, 1.807) is 0 Å². The second-order valence-corrected chi connectivity index (χ2v) is 7.90. The van der Waals surface area contributed by atoms with Gasteiger partial charge in [0.1, 0.15) is 17.1 Å². The van der Waals surface area contributed by atoms with Crippen molar-refractivity contribution in [2.24, 2.45) is 13.0 Å². The van der Waals surface area contributed by atoms with Crippen LogP contribution in [0.15, 0.2) is 18.2 Å². The molecule has 1 aromatic heterocycles. The van der Waals surface area contributed by atoms with Gasteiger partial charge in [-0.3, -0.25) is 14.3 Å². The van der Waals surface area contributed by atoms with Crippen molar-refractivity contribution in [1.82, 2.24) is 15.1 Å². The van der Waals surface area contributed by atoms with Crippen LogP contribution in [0.4, 0.5) is 45.2 Å². The summed E-state index contributed by atoms with van der Waals surface area (Å²) < 4.78 is 121. The molecule has 1 saturated carbocycles. The number of amides is 2. The molecule has 0 bridgehead atoms. The van der Waals surface area contributed by atoms with Crippen LogP contribution in [0.3, 0.4) is 0 Å². The number of anilines is 1. The third kappa shape index (κ3) is 5.07. The predicted octanol–water partition coefficient (Wildman–Crippen LogP) is 4.53. The SMILES string of the molecule is CN(C(=O)c1c(C(F)(F)F)c(C(F)(F)C(F)(F)F)nn1C)c1ccc(F)c(CNC(=O)C2CC2)c1. The largest absolute Gasteiger partial charge is 0.459 e. The highest BCUT2D eigenvalue weighted by Gasteiger charge is 2.64. The average molecular weight is 516 g/mol. The highest BCUT2D eigenvalue weighted by molar-refractivity contribution is 6.06. The van der Waals surface area contributed by atoms with E-state index in [4.69, 9.17) is 0 Å². The number of aryl methyl sites for hydroxylation is 1. The van der Waals surface area contributed by atoms with Crippen molar-refractivity contribution in [2.45, 2.75) is 37.7 Å².